The van der Waals surface area contributed by atoms with Crippen LogP contribution in [0.25, 0.3) is 0 Å². The summed E-state index contributed by atoms with van der Waals surface area (Å²) in [6, 6.07) is 8.20. The first kappa shape index (κ1) is 11.9. The first-order valence-electron chi connectivity index (χ1n) is 6.10. The Labute approximate surface area is 115 Å². The first-order chi connectivity index (χ1) is 8.78. The van der Waals surface area contributed by atoms with Gasteiger partial charge in [0, 0.05) is 10.9 Å². The minimum atomic E-state index is 0.400. The Morgan fingerprint density at radius 1 is 1.33 bits per heavy atom. The molecule has 1 aromatic heterocycles. The minimum Gasteiger partial charge on any atom is -0.297 e. The van der Waals surface area contributed by atoms with Crippen LogP contribution in [-0.4, -0.2) is 6.29 Å². The molecule has 92 valence electrons. The second-order valence-corrected chi connectivity index (χ2v) is 6.07. The third-order valence-corrected chi connectivity index (χ3v) is 4.69. The molecule has 1 aliphatic carbocycles. The van der Waals surface area contributed by atoms with Crippen molar-refractivity contribution in [3.8, 4) is 0 Å². The number of fused-ring (bicyclic) bond motifs is 1. The summed E-state index contributed by atoms with van der Waals surface area (Å²) in [6.07, 6.45) is 4.40. The molecular formula is C15H13ClOS. The van der Waals surface area contributed by atoms with Gasteiger partial charge < -0.3 is 0 Å². The number of carbonyl (C=O) groups is 1. The highest BCUT2D eigenvalue weighted by Gasteiger charge is 2.22. The standard InChI is InChI=1S/C15H13ClOS/c16-12-5-4-10-2-1-3-14(15(10)7-12)11-6-13(8-17)18-9-11/h4-9,14H,1-3H2. The van der Waals surface area contributed by atoms with Gasteiger partial charge in [0.25, 0.3) is 0 Å². The Morgan fingerprint density at radius 2 is 2.22 bits per heavy atom. The second-order valence-electron chi connectivity index (χ2n) is 4.69. The van der Waals surface area contributed by atoms with E-state index in [4.69, 9.17) is 11.6 Å². The molecule has 0 aliphatic heterocycles. The molecule has 0 fully saturated rings. The zero-order chi connectivity index (χ0) is 12.5. The molecule has 1 atom stereocenters. The lowest BCUT2D eigenvalue weighted by Crippen LogP contribution is -2.10. The third-order valence-electron chi connectivity index (χ3n) is 3.58. The summed E-state index contributed by atoms with van der Waals surface area (Å²) in [5.41, 5.74) is 3.99. The molecule has 1 aliphatic rings. The quantitative estimate of drug-likeness (QED) is 0.728. The van der Waals surface area contributed by atoms with Crippen LogP contribution >= 0.6 is 22.9 Å². The lowest BCUT2D eigenvalue weighted by molar-refractivity contribution is 0.112. The van der Waals surface area contributed by atoms with Crippen molar-refractivity contribution >= 4 is 29.2 Å². The van der Waals surface area contributed by atoms with Gasteiger partial charge in [0.2, 0.25) is 0 Å². The smallest absolute Gasteiger partial charge is 0.160 e. The van der Waals surface area contributed by atoms with E-state index in [1.807, 2.05) is 12.1 Å². The van der Waals surface area contributed by atoms with E-state index in [9.17, 15) is 4.79 Å². The molecule has 0 bridgehead atoms. The number of aldehydes is 1. The predicted octanol–water partition coefficient (Wildman–Crippen LogP) is 4.68. The van der Waals surface area contributed by atoms with E-state index in [2.05, 4.69) is 17.5 Å². The summed E-state index contributed by atoms with van der Waals surface area (Å²) in [5.74, 6) is 0.400. The molecule has 0 saturated carbocycles. The van der Waals surface area contributed by atoms with Crippen LogP contribution in [-0.2, 0) is 6.42 Å². The number of hydrogen-bond acceptors (Lipinski definition) is 2. The van der Waals surface area contributed by atoms with E-state index in [0.29, 0.717) is 5.92 Å². The molecule has 18 heavy (non-hydrogen) atoms. The number of halogens is 1. The van der Waals surface area contributed by atoms with Gasteiger partial charge in [-0.1, -0.05) is 17.7 Å². The van der Waals surface area contributed by atoms with Crippen LogP contribution in [0.15, 0.2) is 29.6 Å². The SMILES string of the molecule is O=Cc1cc(C2CCCc3ccc(Cl)cc32)cs1. The summed E-state index contributed by atoms with van der Waals surface area (Å²) in [6.45, 7) is 0. The number of aryl methyl sites for hydroxylation is 1. The molecule has 0 amide bonds. The Kier molecular flexibility index (Phi) is 3.23. The van der Waals surface area contributed by atoms with E-state index < -0.39 is 0 Å². The third kappa shape index (κ3) is 2.11. The van der Waals surface area contributed by atoms with E-state index in [1.54, 1.807) is 0 Å². The predicted molar refractivity (Wildman–Crippen MR) is 75.9 cm³/mol. The molecule has 0 saturated heterocycles. The average molecular weight is 277 g/mol. The summed E-state index contributed by atoms with van der Waals surface area (Å²) < 4.78 is 0. The number of hydrogen-bond donors (Lipinski definition) is 0. The van der Waals surface area contributed by atoms with Gasteiger partial charge in [0.15, 0.2) is 6.29 Å². The normalized spacial score (nSPS) is 18.4. The van der Waals surface area contributed by atoms with Crippen molar-refractivity contribution in [2.75, 3.05) is 0 Å². The molecule has 3 heteroatoms. The zero-order valence-corrected chi connectivity index (χ0v) is 11.4. The fourth-order valence-electron chi connectivity index (χ4n) is 2.73. The Hall–Kier alpha value is -1.12. The van der Waals surface area contributed by atoms with Crippen molar-refractivity contribution in [3.63, 3.8) is 0 Å². The number of carbonyl (C=O) groups excluding carboxylic acids is 1. The van der Waals surface area contributed by atoms with Gasteiger partial charge in [0.1, 0.15) is 0 Å². The molecule has 2 aromatic rings. The summed E-state index contributed by atoms with van der Waals surface area (Å²) in [5, 5.41) is 2.90. The Balaban J connectivity index is 2.04. The molecule has 0 N–H and O–H groups in total. The van der Waals surface area contributed by atoms with Crippen LogP contribution in [0.5, 0.6) is 0 Å². The zero-order valence-electron chi connectivity index (χ0n) is 9.86. The van der Waals surface area contributed by atoms with Crippen molar-refractivity contribution in [2.24, 2.45) is 0 Å². The van der Waals surface area contributed by atoms with Crippen LogP contribution in [0.3, 0.4) is 0 Å². The van der Waals surface area contributed by atoms with E-state index in [1.165, 1.54) is 34.4 Å². The van der Waals surface area contributed by atoms with Gasteiger partial charge in [0.05, 0.1) is 4.88 Å². The monoisotopic (exact) mass is 276 g/mol. The fraction of sp³-hybridized carbons (Fsp3) is 0.267. The van der Waals surface area contributed by atoms with E-state index >= 15 is 0 Å². The molecule has 3 rings (SSSR count). The van der Waals surface area contributed by atoms with Crippen LogP contribution in [0.2, 0.25) is 5.02 Å². The van der Waals surface area contributed by atoms with Crippen molar-refractivity contribution < 1.29 is 4.79 Å². The van der Waals surface area contributed by atoms with Crippen molar-refractivity contribution in [3.05, 3.63) is 56.2 Å². The molecular weight excluding hydrogens is 264 g/mol. The van der Waals surface area contributed by atoms with Crippen molar-refractivity contribution in [1.29, 1.82) is 0 Å². The summed E-state index contributed by atoms with van der Waals surface area (Å²) in [4.78, 5) is 11.6. The maximum absolute atomic E-state index is 10.8. The first-order valence-corrected chi connectivity index (χ1v) is 7.35. The second kappa shape index (κ2) is 4.87. The maximum atomic E-state index is 10.8. The average Bonchev–Trinajstić information content (AvgIpc) is 2.86. The highest BCUT2D eigenvalue weighted by molar-refractivity contribution is 7.11. The van der Waals surface area contributed by atoms with Crippen molar-refractivity contribution in [1.82, 2.24) is 0 Å². The molecule has 1 heterocycles. The van der Waals surface area contributed by atoms with Gasteiger partial charge in [-0.05, 0) is 59.5 Å². The van der Waals surface area contributed by atoms with Crippen LogP contribution < -0.4 is 0 Å². The minimum absolute atomic E-state index is 0.400. The van der Waals surface area contributed by atoms with Gasteiger partial charge in [-0.2, -0.15) is 0 Å². The van der Waals surface area contributed by atoms with Gasteiger partial charge in [-0.3, -0.25) is 4.79 Å². The Morgan fingerprint density at radius 3 is 3.00 bits per heavy atom. The van der Waals surface area contributed by atoms with Gasteiger partial charge in [-0.15, -0.1) is 11.3 Å². The summed E-state index contributed by atoms with van der Waals surface area (Å²) >= 11 is 7.63. The van der Waals surface area contributed by atoms with E-state index in [0.717, 1.165) is 29.0 Å². The van der Waals surface area contributed by atoms with Crippen molar-refractivity contribution in [2.45, 2.75) is 25.2 Å². The Bertz CT molecular complexity index is 588. The largest absolute Gasteiger partial charge is 0.297 e. The van der Waals surface area contributed by atoms with E-state index in [-0.39, 0.29) is 0 Å². The van der Waals surface area contributed by atoms with Crippen LogP contribution in [0.1, 0.15) is 45.1 Å². The molecule has 1 nitrogen and oxygen atoms in total. The maximum Gasteiger partial charge on any atom is 0.160 e. The molecule has 1 aromatic carbocycles. The van der Waals surface area contributed by atoms with Gasteiger partial charge in [-0.25, -0.2) is 0 Å². The number of rotatable bonds is 2. The molecule has 0 radical (unpaired) electrons. The number of benzene rings is 1. The highest BCUT2D eigenvalue weighted by Crippen LogP contribution is 2.39. The molecule has 0 spiro atoms. The van der Waals surface area contributed by atoms with Crippen LogP contribution in [0.4, 0.5) is 0 Å². The van der Waals surface area contributed by atoms with Gasteiger partial charge >= 0.3 is 0 Å². The lowest BCUT2D eigenvalue weighted by Gasteiger charge is -2.25. The molecule has 1 unspecified atom stereocenters. The fourth-order valence-corrected chi connectivity index (χ4v) is 3.67. The lowest BCUT2D eigenvalue weighted by atomic mass is 9.80. The topological polar surface area (TPSA) is 17.1 Å². The summed E-state index contributed by atoms with van der Waals surface area (Å²) in [7, 11) is 0. The number of thiophene rings is 1. The van der Waals surface area contributed by atoms with Crippen LogP contribution in [0, 0.1) is 0 Å². The highest BCUT2D eigenvalue weighted by atomic mass is 35.5.